The maximum atomic E-state index is 14.3. The molecule has 1 N–H and O–H groups in total. The van der Waals surface area contributed by atoms with Crippen LogP contribution in [0.5, 0.6) is 5.75 Å². The van der Waals surface area contributed by atoms with E-state index < -0.39 is 15.8 Å². The lowest BCUT2D eigenvalue weighted by Gasteiger charge is -2.22. The van der Waals surface area contributed by atoms with E-state index in [9.17, 15) is 12.8 Å². The fourth-order valence-corrected chi connectivity index (χ4v) is 5.13. The van der Waals surface area contributed by atoms with Crippen LogP contribution in [0.25, 0.3) is 0 Å². The maximum absolute atomic E-state index is 14.3. The van der Waals surface area contributed by atoms with Crippen LogP contribution >= 0.6 is 11.6 Å². The van der Waals surface area contributed by atoms with Crippen molar-refractivity contribution in [2.24, 2.45) is 0 Å². The molecule has 6 nitrogen and oxygen atoms in total. The Labute approximate surface area is 161 Å². The Morgan fingerprint density at radius 3 is 2.89 bits per heavy atom. The number of anilines is 2. The molecule has 2 aliphatic rings. The fourth-order valence-electron chi connectivity index (χ4n) is 3.31. The summed E-state index contributed by atoms with van der Waals surface area (Å²) in [6, 6.07) is 7.79. The highest BCUT2D eigenvalue weighted by Gasteiger charge is 2.28. The highest BCUT2D eigenvalue weighted by Crippen LogP contribution is 2.33. The lowest BCUT2D eigenvalue weighted by molar-refractivity contribution is -0.0169. The second-order valence-corrected chi connectivity index (χ2v) is 8.87. The maximum Gasteiger partial charge on any atom is 0.235 e. The van der Waals surface area contributed by atoms with Crippen molar-refractivity contribution in [1.82, 2.24) is 0 Å². The molecule has 0 bridgehead atoms. The molecule has 0 aromatic heterocycles. The molecule has 144 valence electrons. The summed E-state index contributed by atoms with van der Waals surface area (Å²) in [5, 5.41) is 3.56. The van der Waals surface area contributed by atoms with Crippen molar-refractivity contribution >= 4 is 33.0 Å². The molecule has 0 radical (unpaired) electrons. The monoisotopic (exact) mass is 412 g/mol. The van der Waals surface area contributed by atoms with Gasteiger partial charge in [-0.1, -0.05) is 11.6 Å². The number of halogens is 2. The third-order valence-corrected chi connectivity index (χ3v) is 6.65. The summed E-state index contributed by atoms with van der Waals surface area (Å²) in [5.41, 5.74) is 2.28. The van der Waals surface area contributed by atoms with Crippen LogP contribution in [0.4, 0.5) is 15.8 Å². The molecule has 4 rings (SSSR count). The van der Waals surface area contributed by atoms with Gasteiger partial charge in [-0.25, -0.2) is 12.8 Å². The smallest absolute Gasteiger partial charge is 0.235 e. The fraction of sp³-hybridized carbons (Fsp3) is 0.333. The van der Waals surface area contributed by atoms with Crippen LogP contribution in [-0.4, -0.2) is 27.5 Å². The number of nitrogens with zero attached hydrogens (tertiary/aromatic N) is 1. The first kappa shape index (κ1) is 18.3. The molecule has 9 heteroatoms. The molecule has 2 aromatic carbocycles. The Morgan fingerprint density at radius 1 is 1.26 bits per heavy atom. The highest BCUT2D eigenvalue weighted by molar-refractivity contribution is 7.93. The van der Waals surface area contributed by atoms with Crippen LogP contribution in [0.2, 0.25) is 5.02 Å². The second-order valence-electron chi connectivity index (χ2n) is 6.42. The second kappa shape index (κ2) is 7.18. The molecule has 27 heavy (non-hydrogen) atoms. The van der Waals surface area contributed by atoms with Crippen LogP contribution in [0.1, 0.15) is 17.5 Å². The Hall–Kier alpha value is -2.03. The lowest BCUT2D eigenvalue weighted by Crippen LogP contribution is -2.25. The number of rotatable bonds is 4. The minimum absolute atomic E-state index is 0.112. The van der Waals surface area contributed by atoms with Crippen molar-refractivity contribution < 1.29 is 22.3 Å². The number of ether oxygens (including phenoxy) is 2. The number of fused-ring (bicyclic) bond motifs is 1. The first-order valence-electron chi connectivity index (χ1n) is 8.50. The van der Waals surface area contributed by atoms with E-state index in [1.54, 1.807) is 12.1 Å². The van der Waals surface area contributed by atoms with Crippen molar-refractivity contribution in [3.63, 3.8) is 0 Å². The van der Waals surface area contributed by atoms with E-state index in [-0.39, 0.29) is 24.8 Å². The first-order valence-corrected chi connectivity index (χ1v) is 10.5. The van der Waals surface area contributed by atoms with Crippen molar-refractivity contribution in [2.75, 3.05) is 28.7 Å². The van der Waals surface area contributed by atoms with Gasteiger partial charge in [0.1, 0.15) is 11.6 Å². The summed E-state index contributed by atoms with van der Waals surface area (Å²) in [4.78, 5) is 0. The predicted octanol–water partition coefficient (Wildman–Crippen LogP) is 3.50. The molecule has 2 heterocycles. The summed E-state index contributed by atoms with van der Waals surface area (Å²) in [6.07, 6.45) is 0.566. The van der Waals surface area contributed by atoms with Gasteiger partial charge in [-0.2, -0.15) is 0 Å². The minimum atomic E-state index is -3.32. The largest absolute Gasteiger partial charge is 0.467 e. The highest BCUT2D eigenvalue weighted by atomic mass is 35.5. The molecule has 0 aliphatic carbocycles. The molecule has 2 aromatic rings. The van der Waals surface area contributed by atoms with E-state index in [0.717, 1.165) is 11.1 Å². The zero-order valence-corrected chi connectivity index (χ0v) is 15.9. The summed E-state index contributed by atoms with van der Waals surface area (Å²) in [5.74, 6) is 0.327. The van der Waals surface area contributed by atoms with E-state index in [1.807, 2.05) is 0 Å². The summed E-state index contributed by atoms with van der Waals surface area (Å²) in [6.45, 7) is 1.23. The molecular formula is C18H18ClFN2O4S. The van der Waals surface area contributed by atoms with Crippen molar-refractivity contribution in [3.05, 3.63) is 52.3 Å². The normalized spacial score (nSPS) is 18.1. The van der Waals surface area contributed by atoms with Crippen LogP contribution in [-0.2, 0) is 27.9 Å². The Bertz CT molecular complexity index is 984. The average Bonchev–Trinajstić information content (AvgIpc) is 3.00. The van der Waals surface area contributed by atoms with Crippen LogP contribution < -0.4 is 14.4 Å². The minimum Gasteiger partial charge on any atom is -0.467 e. The number of hydrogen-bond acceptors (Lipinski definition) is 5. The quantitative estimate of drug-likeness (QED) is 0.832. The van der Waals surface area contributed by atoms with Gasteiger partial charge in [0.15, 0.2) is 6.79 Å². The van der Waals surface area contributed by atoms with Crippen molar-refractivity contribution in [2.45, 2.75) is 19.6 Å². The van der Waals surface area contributed by atoms with Crippen LogP contribution in [0.3, 0.4) is 0 Å². The zero-order valence-electron chi connectivity index (χ0n) is 14.4. The third kappa shape index (κ3) is 3.69. The van der Waals surface area contributed by atoms with Crippen LogP contribution in [0.15, 0.2) is 30.3 Å². The molecule has 2 aliphatic heterocycles. The van der Waals surface area contributed by atoms with E-state index in [2.05, 4.69) is 5.32 Å². The van der Waals surface area contributed by atoms with Gasteiger partial charge in [0.05, 0.1) is 23.7 Å². The number of sulfonamides is 1. The Morgan fingerprint density at radius 2 is 2.11 bits per heavy atom. The predicted molar refractivity (Wildman–Crippen MR) is 101 cm³/mol. The molecule has 0 amide bonds. The van der Waals surface area contributed by atoms with Crippen molar-refractivity contribution in [3.8, 4) is 5.75 Å². The number of nitrogens with one attached hydrogen (secondary N) is 1. The molecule has 0 spiro atoms. The standard InChI is InChI=1S/C18H18ClFN2O4S/c19-14-6-12(18-13(7-14)10-25-11-26-18)9-21-17-8-15(2-3-16(17)20)22-4-1-5-27(22,23)24/h2-3,6-8,21H,1,4-5,9-11H2. The van der Waals surface area contributed by atoms with E-state index in [4.69, 9.17) is 21.1 Å². The van der Waals surface area contributed by atoms with Gasteiger partial charge >= 0.3 is 0 Å². The average molecular weight is 413 g/mol. The van der Waals surface area contributed by atoms with Gasteiger partial charge in [-0.3, -0.25) is 4.31 Å². The van der Waals surface area contributed by atoms with Gasteiger partial charge in [0.25, 0.3) is 0 Å². The topological polar surface area (TPSA) is 67.9 Å². The molecule has 0 unspecified atom stereocenters. The molecule has 1 fully saturated rings. The molecule has 1 saturated heterocycles. The first-order chi connectivity index (χ1) is 12.9. The molecule has 0 atom stereocenters. The number of benzene rings is 2. The van der Waals surface area contributed by atoms with E-state index in [1.165, 1.54) is 22.5 Å². The summed E-state index contributed by atoms with van der Waals surface area (Å²) < 4.78 is 50.6. The summed E-state index contributed by atoms with van der Waals surface area (Å²) in [7, 11) is -3.32. The van der Waals surface area contributed by atoms with Crippen molar-refractivity contribution in [1.29, 1.82) is 0 Å². The zero-order chi connectivity index (χ0) is 19.0. The van der Waals surface area contributed by atoms with Gasteiger partial charge in [-0.05, 0) is 36.8 Å². The number of hydrogen-bond donors (Lipinski definition) is 1. The van der Waals surface area contributed by atoms with E-state index >= 15 is 0 Å². The summed E-state index contributed by atoms with van der Waals surface area (Å²) >= 11 is 6.15. The van der Waals surface area contributed by atoms with Gasteiger partial charge in [0.2, 0.25) is 10.0 Å². The molecular weight excluding hydrogens is 395 g/mol. The lowest BCUT2D eigenvalue weighted by atomic mass is 10.1. The van der Waals surface area contributed by atoms with Gasteiger partial charge in [-0.15, -0.1) is 0 Å². The molecule has 0 saturated carbocycles. The SMILES string of the molecule is O=S1(=O)CCCN1c1ccc(F)c(NCc2cc(Cl)cc3c2OCOC3)c1. The Balaban J connectivity index is 1.59. The van der Waals surface area contributed by atoms with Gasteiger partial charge in [0, 0.05) is 29.2 Å². The van der Waals surface area contributed by atoms with E-state index in [0.29, 0.717) is 36.0 Å². The Kier molecular flexibility index (Phi) is 4.88. The third-order valence-electron chi connectivity index (χ3n) is 4.56. The van der Waals surface area contributed by atoms with Crippen LogP contribution in [0, 0.1) is 5.82 Å². The van der Waals surface area contributed by atoms with Gasteiger partial charge < -0.3 is 14.8 Å².